The normalized spacial score (nSPS) is 14.2. The largest absolute Gasteiger partial charge is 0.354 e. The summed E-state index contributed by atoms with van der Waals surface area (Å²) in [5.41, 5.74) is 1.78. The lowest BCUT2D eigenvalue weighted by Gasteiger charge is -2.11. The second-order valence-electron chi connectivity index (χ2n) is 6.38. The maximum atomic E-state index is 13.0. The van der Waals surface area contributed by atoms with Gasteiger partial charge in [-0.3, -0.25) is 14.5 Å². The van der Waals surface area contributed by atoms with Gasteiger partial charge in [-0.15, -0.1) is 0 Å². The van der Waals surface area contributed by atoms with Gasteiger partial charge in [-0.1, -0.05) is 18.2 Å². The predicted octanol–water partition coefficient (Wildman–Crippen LogP) is 2.48. The first-order valence-corrected chi connectivity index (χ1v) is 8.36. The molecule has 1 aliphatic rings. The Hall–Kier alpha value is -3.22. The Morgan fingerprint density at radius 2 is 2.04 bits per heavy atom. The number of fused-ring (bicyclic) bond motifs is 3. The molecule has 1 aliphatic carbocycles. The molecule has 0 atom stereocenters. The maximum Gasteiger partial charge on any atom is 0.267 e. The van der Waals surface area contributed by atoms with Gasteiger partial charge in [0.1, 0.15) is 5.52 Å². The molecule has 0 bridgehead atoms. The van der Waals surface area contributed by atoms with Crippen LogP contribution < -0.4 is 10.9 Å². The van der Waals surface area contributed by atoms with E-state index in [0.29, 0.717) is 28.4 Å². The Morgan fingerprint density at radius 1 is 1.20 bits per heavy atom. The number of rotatable bonds is 4. The molecule has 0 aliphatic heterocycles. The highest BCUT2D eigenvalue weighted by atomic mass is 16.1. The monoisotopic (exact) mass is 332 g/mol. The van der Waals surface area contributed by atoms with Gasteiger partial charge in [0.15, 0.2) is 5.65 Å². The number of aromatic amines is 1. The van der Waals surface area contributed by atoms with Crippen molar-refractivity contribution in [2.45, 2.75) is 12.8 Å². The molecule has 2 N–H and O–H groups in total. The van der Waals surface area contributed by atoms with Crippen LogP contribution in [0, 0.1) is 5.92 Å². The van der Waals surface area contributed by atoms with Crippen LogP contribution in [0.4, 0.5) is 5.95 Å². The third kappa shape index (κ3) is 2.36. The molecule has 7 nitrogen and oxygen atoms in total. The van der Waals surface area contributed by atoms with Crippen molar-refractivity contribution in [1.82, 2.24) is 24.7 Å². The van der Waals surface area contributed by atoms with Gasteiger partial charge in [0, 0.05) is 18.9 Å². The van der Waals surface area contributed by atoms with Crippen LogP contribution >= 0.6 is 0 Å². The van der Waals surface area contributed by atoms with Crippen molar-refractivity contribution >= 4 is 27.9 Å². The van der Waals surface area contributed by atoms with E-state index in [1.165, 1.54) is 12.8 Å². The third-order valence-corrected chi connectivity index (χ3v) is 4.57. The van der Waals surface area contributed by atoms with Gasteiger partial charge in [0.2, 0.25) is 5.95 Å². The lowest BCUT2D eigenvalue weighted by molar-refractivity contribution is 0.873. The average molecular weight is 332 g/mol. The smallest absolute Gasteiger partial charge is 0.267 e. The molecule has 0 spiro atoms. The molecule has 1 aromatic carbocycles. The molecular formula is C18H16N6O. The molecule has 3 aromatic heterocycles. The van der Waals surface area contributed by atoms with Crippen molar-refractivity contribution in [3.8, 4) is 5.69 Å². The predicted molar refractivity (Wildman–Crippen MR) is 96.0 cm³/mol. The van der Waals surface area contributed by atoms with Crippen molar-refractivity contribution in [3.63, 3.8) is 0 Å². The zero-order valence-corrected chi connectivity index (χ0v) is 13.4. The first-order valence-electron chi connectivity index (χ1n) is 8.36. The number of H-pyrrole nitrogens is 1. The summed E-state index contributed by atoms with van der Waals surface area (Å²) in [6.45, 7) is 0.867. The summed E-state index contributed by atoms with van der Waals surface area (Å²) in [6.07, 6.45) is 5.86. The van der Waals surface area contributed by atoms with E-state index in [1.807, 2.05) is 30.3 Å². The number of anilines is 1. The van der Waals surface area contributed by atoms with Crippen LogP contribution in [0.25, 0.3) is 27.6 Å². The molecule has 25 heavy (non-hydrogen) atoms. The van der Waals surface area contributed by atoms with Gasteiger partial charge in [-0.05, 0) is 30.9 Å². The number of nitrogens with one attached hydrogen (secondary N) is 2. The Labute approximate surface area is 142 Å². The van der Waals surface area contributed by atoms with E-state index in [1.54, 1.807) is 17.0 Å². The van der Waals surface area contributed by atoms with Crippen molar-refractivity contribution in [2.24, 2.45) is 5.92 Å². The van der Waals surface area contributed by atoms with E-state index >= 15 is 0 Å². The number of para-hydroxylation sites is 1. The summed E-state index contributed by atoms with van der Waals surface area (Å²) in [4.78, 5) is 22.1. The molecule has 3 heterocycles. The maximum absolute atomic E-state index is 13.0. The van der Waals surface area contributed by atoms with E-state index < -0.39 is 0 Å². The van der Waals surface area contributed by atoms with Crippen LogP contribution in [0.3, 0.4) is 0 Å². The summed E-state index contributed by atoms with van der Waals surface area (Å²) in [5, 5.41) is 11.5. The highest BCUT2D eigenvalue weighted by Crippen LogP contribution is 2.29. The minimum atomic E-state index is -0.144. The molecule has 0 saturated heterocycles. The second-order valence-corrected chi connectivity index (χ2v) is 6.38. The van der Waals surface area contributed by atoms with E-state index in [0.717, 1.165) is 17.6 Å². The van der Waals surface area contributed by atoms with Gasteiger partial charge in [0.25, 0.3) is 5.56 Å². The van der Waals surface area contributed by atoms with E-state index in [4.69, 9.17) is 0 Å². The van der Waals surface area contributed by atoms with E-state index in [9.17, 15) is 4.79 Å². The van der Waals surface area contributed by atoms with Crippen LogP contribution in [0.5, 0.6) is 0 Å². The van der Waals surface area contributed by atoms with Crippen LogP contribution in [0.1, 0.15) is 12.8 Å². The molecule has 1 fully saturated rings. The van der Waals surface area contributed by atoms with E-state index in [2.05, 4.69) is 25.5 Å². The summed E-state index contributed by atoms with van der Waals surface area (Å²) in [5.74, 6) is 1.25. The zero-order valence-electron chi connectivity index (χ0n) is 13.4. The summed E-state index contributed by atoms with van der Waals surface area (Å²) in [6, 6.07) is 9.52. The third-order valence-electron chi connectivity index (χ3n) is 4.57. The number of pyridine rings is 1. The number of benzene rings is 1. The molecular weight excluding hydrogens is 316 g/mol. The SMILES string of the molecule is O=c1c2c[nH]nc2c2cnc(NCC3CC3)nc2n1-c1ccccc1. The molecule has 0 amide bonds. The lowest BCUT2D eigenvalue weighted by atomic mass is 10.2. The summed E-state index contributed by atoms with van der Waals surface area (Å²) in [7, 11) is 0. The van der Waals surface area contributed by atoms with Crippen LogP contribution in [-0.2, 0) is 0 Å². The van der Waals surface area contributed by atoms with Gasteiger partial charge >= 0.3 is 0 Å². The molecule has 7 heteroatoms. The molecule has 0 radical (unpaired) electrons. The van der Waals surface area contributed by atoms with Crippen molar-refractivity contribution in [2.75, 3.05) is 11.9 Å². The van der Waals surface area contributed by atoms with Crippen LogP contribution in [0.2, 0.25) is 0 Å². The fraction of sp³-hybridized carbons (Fsp3) is 0.222. The fourth-order valence-electron chi connectivity index (χ4n) is 3.04. The Kier molecular flexibility index (Phi) is 3.06. The summed E-state index contributed by atoms with van der Waals surface area (Å²) < 4.78 is 1.62. The van der Waals surface area contributed by atoms with Crippen molar-refractivity contribution in [1.29, 1.82) is 0 Å². The highest BCUT2D eigenvalue weighted by Gasteiger charge is 2.21. The molecule has 4 aromatic rings. The van der Waals surface area contributed by atoms with Gasteiger partial charge in [-0.25, -0.2) is 4.98 Å². The van der Waals surface area contributed by atoms with Gasteiger partial charge in [-0.2, -0.15) is 10.1 Å². The highest BCUT2D eigenvalue weighted by molar-refractivity contribution is 6.02. The zero-order chi connectivity index (χ0) is 16.8. The number of hydrogen-bond donors (Lipinski definition) is 2. The standard InChI is InChI=1S/C18H16N6O/c25-17-14-10-21-23-15(14)13-9-20-18(19-8-11-6-7-11)22-16(13)24(17)12-4-2-1-3-5-12/h1-5,9-11H,6-8H2,(H,21,23)(H,19,20,22). The van der Waals surface area contributed by atoms with Crippen molar-refractivity contribution in [3.05, 3.63) is 53.1 Å². The Bertz CT molecular complexity index is 1130. The van der Waals surface area contributed by atoms with Gasteiger partial charge < -0.3 is 5.32 Å². The number of nitrogens with zero attached hydrogens (tertiary/aromatic N) is 4. The van der Waals surface area contributed by atoms with Crippen molar-refractivity contribution < 1.29 is 0 Å². The fourth-order valence-corrected chi connectivity index (χ4v) is 3.04. The summed E-state index contributed by atoms with van der Waals surface area (Å²) >= 11 is 0. The minimum absolute atomic E-state index is 0.144. The van der Waals surface area contributed by atoms with Gasteiger partial charge in [0.05, 0.1) is 16.5 Å². The topological polar surface area (TPSA) is 88.5 Å². The Balaban J connectivity index is 1.78. The first kappa shape index (κ1) is 14.2. The average Bonchev–Trinajstić information content (AvgIpc) is 3.34. The molecule has 0 unspecified atom stereocenters. The lowest BCUT2D eigenvalue weighted by Crippen LogP contribution is -2.20. The quantitative estimate of drug-likeness (QED) is 0.599. The molecule has 1 saturated carbocycles. The molecule has 5 rings (SSSR count). The van der Waals surface area contributed by atoms with Crippen LogP contribution in [0.15, 0.2) is 47.5 Å². The Morgan fingerprint density at radius 3 is 2.84 bits per heavy atom. The minimum Gasteiger partial charge on any atom is -0.354 e. The van der Waals surface area contributed by atoms with Crippen LogP contribution in [-0.4, -0.2) is 31.3 Å². The number of aromatic nitrogens is 5. The van der Waals surface area contributed by atoms with E-state index in [-0.39, 0.29) is 5.56 Å². The molecule has 124 valence electrons. The number of hydrogen-bond acceptors (Lipinski definition) is 5. The first-order chi connectivity index (χ1) is 12.3. The second kappa shape index (κ2) is 5.41.